The zero-order chi connectivity index (χ0) is 5.70. The number of alkyl carbamates (subject to hydrolysis) is 1. The first-order chi connectivity index (χ1) is 3.31. The molecule has 1 N–H and O–H groups in total. The average molecular weight is 199 g/mol. The Hall–Kier alpha value is 3.27. The third kappa shape index (κ3) is 24.6. The molecule has 0 aliphatic rings. The quantitative estimate of drug-likeness (QED) is 0.485. The fraction of sp³-hybridized carbons (Fsp3) is 0.750. The normalized spacial score (nSPS) is 4.91. The minimum absolute atomic E-state index is 0. The predicted molar refractivity (Wildman–Crippen MR) is 54.7 cm³/mol. The van der Waals surface area contributed by atoms with Crippen molar-refractivity contribution in [1.82, 2.24) is 5.32 Å². The number of carbonyl (C=O) groups is 1. The van der Waals surface area contributed by atoms with Crippen LogP contribution in [0.15, 0.2) is 0 Å². The Kier molecular flexibility index (Phi) is 61.8. The van der Waals surface area contributed by atoms with Crippen molar-refractivity contribution in [2.75, 3.05) is 13.7 Å². The van der Waals surface area contributed by atoms with Gasteiger partial charge in [-0.15, -0.1) is 0 Å². The van der Waals surface area contributed by atoms with Crippen LogP contribution < -0.4 is 5.32 Å². The first-order valence-electron chi connectivity index (χ1n) is 2.15. The van der Waals surface area contributed by atoms with E-state index in [4.69, 9.17) is 0 Å². The van der Waals surface area contributed by atoms with E-state index >= 15 is 0 Å². The van der Waals surface area contributed by atoms with Gasteiger partial charge in [-0.25, -0.2) is 4.79 Å². The number of rotatable bonds is 1. The van der Waals surface area contributed by atoms with E-state index in [0.29, 0.717) is 6.61 Å². The van der Waals surface area contributed by atoms with Crippen LogP contribution in [-0.4, -0.2) is 138 Å². The maximum atomic E-state index is 10.1. The fourth-order valence-electron chi connectivity index (χ4n) is 0.203. The van der Waals surface area contributed by atoms with Crippen molar-refractivity contribution >= 4 is 124 Å². The summed E-state index contributed by atoms with van der Waals surface area (Å²) in [7, 11) is 1.53. The van der Waals surface area contributed by atoms with Crippen LogP contribution in [-0.2, 0) is 4.74 Å². The second-order valence-corrected chi connectivity index (χ2v) is 0.970. The van der Waals surface area contributed by atoms with Crippen LogP contribution in [0, 0.1) is 0 Å². The predicted octanol–water partition coefficient (Wildman–Crippen LogP) is -2.23. The summed E-state index contributed by atoms with van der Waals surface area (Å²) in [5.41, 5.74) is 0. The number of hydrogen-bond donors (Lipinski definition) is 1. The summed E-state index contributed by atoms with van der Waals surface area (Å²) in [6.07, 6.45) is -0.373. The van der Waals surface area contributed by atoms with E-state index in [0.717, 1.165) is 0 Å². The molecule has 0 aliphatic heterocycles. The second kappa shape index (κ2) is 23.2. The Morgan fingerprint density at radius 3 is 1.73 bits per heavy atom. The molecule has 0 atom stereocenters. The number of nitrogens with one attached hydrogen (secondary N) is 1. The van der Waals surface area contributed by atoms with Gasteiger partial charge in [0.05, 0.1) is 6.61 Å². The number of hydrogen-bond acceptors (Lipinski definition) is 2. The summed E-state index contributed by atoms with van der Waals surface area (Å²) < 4.78 is 4.44. The van der Waals surface area contributed by atoms with Crippen LogP contribution in [0.5, 0.6) is 0 Å². The van der Waals surface area contributed by atoms with Crippen molar-refractivity contribution in [2.45, 2.75) is 6.92 Å². The molecule has 0 rings (SSSR count). The molecule has 11 heavy (non-hydrogen) atoms. The Morgan fingerprint density at radius 1 is 1.27 bits per heavy atom. The van der Waals surface area contributed by atoms with Crippen LogP contribution in [0.25, 0.3) is 0 Å². The Morgan fingerprint density at radius 2 is 1.64 bits per heavy atom. The molecular formula is C4H13NNa4O2. The molecule has 0 fully saturated rings. The molecule has 3 nitrogen and oxygen atoms in total. The van der Waals surface area contributed by atoms with E-state index in [9.17, 15) is 4.79 Å². The number of carbonyl (C=O) groups excluding carboxylic acids is 1. The van der Waals surface area contributed by atoms with Gasteiger partial charge in [-0.3, -0.25) is 0 Å². The van der Waals surface area contributed by atoms with Gasteiger partial charge < -0.3 is 10.1 Å². The van der Waals surface area contributed by atoms with Crippen LogP contribution in [0.4, 0.5) is 4.79 Å². The standard InChI is InChI=1S/C4H9NO2.4Na.4H/c1-3-7-4(6)5-2;;;;;;;;/h3H2,1-2H3,(H,5,6);;;;;;;;. The molecule has 0 radical (unpaired) electrons. The summed E-state index contributed by atoms with van der Waals surface area (Å²) in [5, 5.41) is 2.30. The van der Waals surface area contributed by atoms with E-state index in [1.165, 1.54) is 7.05 Å². The average Bonchev–Trinajstić information content (AvgIpc) is 1.68. The van der Waals surface area contributed by atoms with E-state index in [1.54, 1.807) is 6.92 Å². The van der Waals surface area contributed by atoms with E-state index in [-0.39, 0.29) is 124 Å². The molecule has 0 aromatic carbocycles. The van der Waals surface area contributed by atoms with Gasteiger partial charge in [0.15, 0.2) is 0 Å². The molecule has 0 aromatic heterocycles. The van der Waals surface area contributed by atoms with E-state index < -0.39 is 0 Å². The molecule has 0 heterocycles. The van der Waals surface area contributed by atoms with Gasteiger partial charge in [-0.1, -0.05) is 0 Å². The first-order valence-corrected chi connectivity index (χ1v) is 2.15. The van der Waals surface area contributed by atoms with Gasteiger partial charge in [-0.05, 0) is 6.92 Å². The van der Waals surface area contributed by atoms with Crippen molar-refractivity contribution in [1.29, 1.82) is 0 Å². The van der Waals surface area contributed by atoms with Gasteiger partial charge in [0.1, 0.15) is 0 Å². The SMILES string of the molecule is CCOC(=O)NC.[NaH].[NaH].[NaH].[NaH]. The molecule has 1 amide bonds. The molecule has 0 saturated carbocycles. The van der Waals surface area contributed by atoms with E-state index in [2.05, 4.69) is 10.1 Å². The summed E-state index contributed by atoms with van der Waals surface area (Å²) in [4.78, 5) is 10.1. The van der Waals surface area contributed by atoms with Crippen molar-refractivity contribution < 1.29 is 9.53 Å². The molecule has 0 spiro atoms. The van der Waals surface area contributed by atoms with Crippen LogP contribution in [0.1, 0.15) is 6.92 Å². The van der Waals surface area contributed by atoms with Gasteiger partial charge in [0, 0.05) is 7.05 Å². The summed E-state index contributed by atoms with van der Waals surface area (Å²) in [6.45, 7) is 2.19. The van der Waals surface area contributed by atoms with Crippen LogP contribution in [0.3, 0.4) is 0 Å². The number of amides is 1. The monoisotopic (exact) mass is 199 g/mol. The molecule has 0 aromatic rings. The van der Waals surface area contributed by atoms with Gasteiger partial charge in [0.25, 0.3) is 0 Å². The Balaban J connectivity index is -0.0000000300. The number of ether oxygens (including phenoxy) is 1. The van der Waals surface area contributed by atoms with Gasteiger partial charge in [-0.2, -0.15) is 0 Å². The van der Waals surface area contributed by atoms with Gasteiger partial charge in [0.2, 0.25) is 0 Å². The Labute approximate surface area is 156 Å². The van der Waals surface area contributed by atoms with Crippen molar-refractivity contribution in [3.63, 3.8) is 0 Å². The van der Waals surface area contributed by atoms with Crippen LogP contribution in [0.2, 0.25) is 0 Å². The molecule has 0 unspecified atom stereocenters. The van der Waals surface area contributed by atoms with E-state index in [1.807, 2.05) is 0 Å². The molecule has 0 saturated heterocycles. The van der Waals surface area contributed by atoms with Crippen molar-refractivity contribution in [3.05, 3.63) is 0 Å². The molecule has 7 heteroatoms. The topological polar surface area (TPSA) is 38.3 Å². The third-order valence-corrected chi connectivity index (χ3v) is 0.480. The summed E-state index contributed by atoms with van der Waals surface area (Å²) in [5.74, 6) is 0. The molecule has 0 aliphatic carbocycles. The zero-order valence-corrected chi connectivity index (χ0v) is 4.52. The van der Waals surface area contributed by atoms with Crippen molar-refractivity contribution in [3.8, 4) is 0 Å². The first kappa shape index (κ1) is 29.2. The minimum atomic E-state index is -0.373. The molecule has 50 valence electrons. The third-order valence-electron chi connectivity index (χ3n) is 0.480. The molecular weight excluding hydrogens is 186 g/mol. The summed E-state index contributed by atoms with van der Waals surface area (Å²) in [6, 6.07) is 0. The maximum absolute atomic E-state index is 10.1. The summed E-state index contributed by atoms with van der Waals surface area (Å²) >= 11 is 0. The van der Waals surface area contributed by atoms with Gasteiger partial charge >= 0.3 is 124 Å². The zero-order valence-electron chi connectivity index (χ0n) is 4.52. The second-order valence-electron chi connectivity index (χ2n) is 0.970. The van der Waals surface area contributed by atoms with Crippen molar-refractivity contribution in [2.24, 2.45) is 0 Å². The fourth-order valence-corrected chi connectivity index (χ4v) is 0.203. The Bertz CT molecular complexity index is 73.1. The van der Waals surface area contributed by atoms with Crippen LogP contribution >= 0.6 is 0 Å². The molecule has 0 bridgehead atoms.